The number of pyridine rings is 1. The summed E-state index contributed by atoms with van der Waals surface area (Å²) in [6.45, 7) is 3.68. The third-order valence-electron chi connectivity index (χ3n) is 3.69. The first-order chi connectivity index (χ1) is 10.9. The molecule has 6 nitrogen and oxygen atoms in total. The number of hydrogen-bond donors (Lipinski definition) is 1. The lowest BCUT2D eigenvalue weighted by Gasteiger charge is -2.13. The molecule has 0 aliphatic heterocycles. The van der Waals surface area contributed by atoms with Crippen LogP contribution in [0.25, 0.3) is 11.0 Å². The first-order valence-corrected chi connectivity index (χ1v) is 7.58. The number of rotatable bonds is 3. The van der Waals surface area contributed by atoms with Gasteiger partial charge in [0, 0.05) is 23.7 Å². The third kappa shape index (κ3) is 2.75. The van der Waals surface area contributed by atoms with Crippen LogP contribution in [0.2, 0.25) is 10.0 Å². The Balaban J connectivity index is 2.21. The number of nitro benzene ring substituents is 1. The van der Waals surface area contributed by atoms with Crippen LogP contribution in [-0.4, -0.2) is 19.9 Å². The number of H-pyrrole nitrogens is 1. The molecule has 3 rings (SSSR count). The van der Waals surface area contributed by atoms with Gasteiger partial charge in [-0.1, -0.05) is 30.1 Å². The molecule has 0 bridgehead atoms. The molecule has 0 saturated heterocycles. The lowest BCUT2D eigenvalue weighted by atomic mass is 9.95. The fourth-order valence-corrected chi connectivity index (χ4v) is 2.93. The number of nitrogens with one attached hydrogen (secondary N) is 1. The second kappa shape index (κ2) is 5.79. The summed E-state index contributed by atoms with van der Waals surface area (Å²) >= 11 is 12.0. The van der Waals surface area contributed by atoms with Gasteiger partial charge in [0.2, 0.25) is 0 Å². The molecule has 8 heteroatoms. The molecule has 2 heterocycles. The van der Waals surface area contributed by atoms with E-state index in [9.17, 15) is 10.1 Å². The SMILES string of the molecule is Cc1nc2c(C(C)c3cc(Cl)c(Cl)cc3[N+](=O)[O-])nccc2[nH]1. The fourth-order valence-electron chi connectivity index (χ4n) is 2.60. The highest BCUT2D eigenvalue weighted by Gasteiger charge is 2.25. The molecule has 0 saturated carbocycles. The predicted molar refractivity (Wildman–Crippen MR) is 89.3 cm³/mol. The van der Waals surface area contributed by atoms with Crippen LogP contribution >= 0.6 is 23.2 Å². The van der Waals surface area contributed by atoms with Gasteiger partial charge in [0.1, 0.15) is 11.3 Å². The van der Waals surface area contributed by atoms with Crippen LogP contribution in [0.4, 0.5) is 5.69 Å². The summed E-state index contributed by atoms with van der Waals surface area (Å²) in [5.74, 6) is 0.390. The van der Waals surface area contributed by atoms with Gasteiger partial charge in [0.05, 0.1) is 26.2 Å². The number of nitro groups is 1. The summed E-state index contributed by atoms with van der Waals surface area (Å²) in [5.41, 5.74) is 2.54. The number of hydrogen-bond acceptors (Lipinski definition) is 4. The number of fused-ring (bicyclic) bond motifs is 1. The first kappa shape index (κ1) is 15.7. The average molecular weight is 351 g/mol. The largest absolute Gasteiger partial charge is 0.342 e. The van der Waals surface area contributed by atoms with Gasteiger partial charge in [-0.15, -0.1) is 0 Å². The van der Waals surface area contributed by atoms with Crippen molar-refractivity contribution < 1.29 is 4.92 Å². The zero-order valence-electron chi connectivity index (χ0n) is 12.3. The number of imidazole rings is 1. The average Bonchev–Trinajstić information content (AvgIpc) is 2.88. The molecule has 1 atom stereocenters. The fraction of sp³-hybridized carbons (Fsp3) is 0.200. The minimum absolute atomic E-state index is 0.0852. The Morgan fingerprint density at radius 2 is 2.00 bits per heavy atom. The van der Waals surface area contributed by atoms with Crippen molar-refractivity contribution in [2.45, 2.75) is 19.8 Å². The molecule has 3 aromatic rings. The molecule has 118 valence electrons. The van der Waals surface area contributed by atoms with E-state index in [0.29, 0.717) is 16.8 Å². The van der Waals surface area contributed by atoms with Gasteiger partial charge < -0.3 is 4.98 Å². The maximum atomic E-state index is 11.4. The van der Waals surface area contributed by atoms with E-state index in [1.807, 2.05) is 19.9 Å². The molecule has 2 aromatic heterocycles. The monoisotopic (exact) mass is 350 g/mol. The quantitative estimate of drug-likeness (QED) is 0.551. The van der Waals surface area contributed by atoms with E-state index in [4.69, 9.17) is 23.2 Å². The summed E-state index contributed by atoms with van der Waals surface area (Å²) < 4.78 is 0. The van der Waals surface area contributed by atoms with E-state index in [1.54, 1.807) is 6.20 Å². The first-order valence-electron chi connectivity index (χ1n) is 6.83. The van der Waals surface area contributed by atoms with Gasteiger partial charge in [0.25, 0.3) is 5.69 Å². The molecule has 1 aromatic carbocycles. The molecule has 0 fully saturated rings. The van der Waals surface area contributed by atoms with Crippen LogP contribution < -0.4 is 0 Å². The van der Waals surface area contributed by atoms with E-state index in [1.165, 1.54) is 12.1 Å². The topological polar surface area (TPSA) is 84.7 Å². The number of halogens is 2. The number of aromatic nitrogens is 3. The number of aromatic amines is 1. The predicted octanol–water partition coefficient (Wildman–Crippen LogP) is 4.63. The Bertz CT molecular complexity index is 923. The maximum absolute atomic E-state index is 11.4. The normalized spacial score (nSPS) is 12.5. The van der Waals surface area contributed by atoms with Crippen LogP contribution in [0.15, 0.2) is 24.4 Å². The Morgan fingerprint density at radius 3 is 2.70 bits per heavy atom. The highest BCUT2D eigenvalue weighted by atomic mass is 35.5. The van der Waals surface area contributed by atoms with Gasteiger partial charge in [-0.05, 0) is 19.1 Å². The molecule has 0 spiro atoms. The molecule has 0 amide bonds. The zero-order valence-corrected chi connectivity index (χ0v) is 13.8. The third-order valence-corrected chi connectivity index (χ3v) is 4.41. The number of benzene rings is 1. The molecule has 0 aliphatic carbocycles. The van der Waals surface area contributed by atoms with Crippen molar-refractivity contribution in [1.29, 1.82) is 0 Å². The number of nitrogens with zero attached hydrogens (tertiary/aromatic N) is 3. The molecule has 0 radical (unpaired) electrons. The van der Waals surface area contributed by atoms with Gasteiger partial charge in [-0.2, -0.15) is 0 Å². The van der Waals surface area contributed by atoms with Crippen LogP contribution in [0.5, 0.6) is 0 Å². The van der Waals surface area contributed by atoms with E-state index in [0.717, 1.165) is 11.3 Å². The van der Waals surface area contributed by atoms with Crippen LogP contribution in [0.3, 0.4) is 0 Å². The molecule has 23 heavy (non-hydrogen) atoms. The minimum atomic E-state index is -0.468. The second-order valence-electron chi connectivity index (χ2n) is 5.22. The Morgan fingerprint density at radius 1 is 1.30 bits per heavy atom. The summed E-state index contributed by atoms with van der Waals surface area (Å²) in [6, 6.07) is 4.60. The van der Waals surface area contributed by atoms with Crippen LogP contribution in [0, 0.1) is 17.0 Å². The maximum Gasteiger partial charge on any atom is 0.274 e. The highest BCUT2D eigenvalue weighted by Crippen LogP contribution is 2.38. The molecule has 1 N–H and O–H groups in total. The van der Waals surface area contributed by atoms with Crippen molar-refractivity contribution in [3.63, 3.8) is 0 Å². The minimum Gasteiger partial charge on any atom is -0.342 e. The van der Waals surface area contributed by atoms with Crippen molar-refractivity contribution in [1.82, 2.24) is 15.0 Å². The van der Waals surface area contributed by atoms with E-state index in [-0.39, 0.29) is 21.7 Å². The standard InChI is InChI=1S/C15H12Cl2N4O2/c1-7(9-5-10(16)11(17)6-13(9)21(22)23)14-15-12(3-4-18-14)19-8(2)20-15/h3-7H,1-2H3,(H,19,20). The van der Waals surface area contributed by atoms with E-state index >= 15 is 0 Å². The highest BCUT2D eigenvalue weighted by molar-refractivity contribution is 6.42. The van der Waals surface area contributed by atoms with E-state index in [2.05, 4.69) is 15.0 Å². The molecular weight excluding hydrogens is 339 g/mol. The van der Waals surface area contributed by atoms with Gasteiger partial charge in [-0.3, -0.25) is 15.1 Å². The lowest BCUT2D eigenvalue weighted by molar-refractivity contribution is -0.385. The van der Waals surface area contributed by atoms with Crippen LogP contribution in [0.1, 0.15) is 29.9 Å². The smallest absolute Gasteiger partial charge is 0.274 e. The van der Waals surface area contributed by atoms with Crippen molar-refractivity contribution in [2.24, 2.45) is 0 Å². The van der Waals surface area contributed by atoms with Gasteiger partial charge >= 0.3 is 0 Å². The zero-order chi connectivity index (χ0) is 16.7. The van der Waals surface area contributed by atoms with Gasteiger partial charge in [-0.25, -0.2) is 4.98 Å². The Hall–Kier alpha value is -2.18. The molecular formula is C15H12Cl2N4O2. The van der Waals surface area contributed by atoms with Crippen molar-refractivity contribution in [3.05, 3.63) is 61.6 Å². The second-order valence-corrected chi connectivity index (χ2v) is 6.03. The lowest BCUT2D eigenvalue weighted by Crippen LogP contribution is -2.04. The number of aryl methyl sites for hydroxylation is 1. The summed E-state index contributed by atoms with van der Waals surface area (Å²) in [6.07, 6.45) is 1.65. The van der Waals surface area contributed by atoms with Crippen molar-refractivity contribution in [2.75, 3.05) is 0 Å². The van der Waals surface area contributed by atoms with Gasteiger partial charge in [0.15, 0.2) is 0 Å². The summed E-state index contributed by atoms with van der Waals surface area (Å²) in [7, 11) is 0. The molecule has 1 unspecified atom stereocenters. The summed E-state index contributed by atoms with van der Waals surface area (Å²) in [4.78, 5) is 22.8. The molecule has 0 aliphatic rings. The Labute approximate surface area is 141 Å². The van der Waals surface area contributed by atoms with Crippen molar-refractivity contribution >= 4 is 39.9 Å². The van der Waals surface area contributed by atoms with Crippen LogP contribution in [-0.2, 0) is 0 Å². The Kier molecular flexibility index (Phi) is 3.95. The van der Waals surface area contributed by atoms with E-state index < -0.39 is 4.92 Å². The van der Waals surface area contributed by atoms with Crippen molar-refractivity contribution in [3.8, 4) is 0 Å². The summed E-state index contributed by atoms with van der Waals surface area (Å²) in [5, 5.41) is 11.8.